The van der Waals surface area contributed by atoms with Crippen LogP contribution in [-0.4, -0.2) is 81.2 Å². The van der Waals surface area contributed by atoms with Gasteiger partial charge in [-0.3, -0.25) is 14.5 Å². The highest BCUT2D eigenvalue weighted by atomic mass is 16.5. The van der Waals surface area contributed by atoms with E-state index >= 15 is 0 Å². The number of rotatable bonds is 9. The van der Waals surface area contributed by atoms with E-state index in [0.29, 0.717) is 19.0 Å². The Kier molecular flexibility index (Phi) is 8.91. The Labute approximate surface area is 185 Å². The number of carbonyl (C=O) groups excluding carboxylic acids is 2. The van der Waals surface area contributed by atoms with E-state index in [9.17, 15) is 9.59 Å². The minimum Gasteiger partial charge on any atom is -0.496 e. The number of hydrogen-bond acceptors (Lipinski definition) is 5. The van der Waals surface area contributed by atoms with Crippen LogP contribution in [0.15, 0.2) is 30.3 Å². The Hall–Kier alpha value is -2.38. The van der Waals surface area contributed by atoms with Gasteiger partial charge in [-0.25, -0.2) is 0 Å². The van der Waals surface area contributed by atoms with Crippen molar-refractivity contribution in [2.75, 3.05) is 53.6 Å². The third-order valence-electron chi connectivity index (χ3n) is 6.23. The fraction of sp³-hybridized carbons (Fsp3) is 0.583. The molecular formula is C24H35N3O4. The third kappa shape index (κ3) is 6.80. The smallest absolute Gasteiger partial charge is 0.237 e. The first-order valence-corrected chi connectivity index (χ1v) is 11.2. The molecule has 1 unspecified atom stereocenters. The van der Waals surface area contributed by atoms with Gasteiger partial charge in [0, 0.05) is 52.0 Å². The average Bonchev–Trinajstić information content (AvgIpc) is 2.80. The van der Waals surface area contributed by atoms with Crippen molar-refractivity contribution in [3.8, 4) is 5.75 Å². The maximum Gasteiger partial charge on any atom is 0.237 e. The quantitative estimate of drug-likeness (QED) is 0.652. The average molecular weight is 430 g/mol. The van der Waals surface area contributed by atoms with Gasteiger partial charge < -0.3 is 19.7 Å². The lowest BCUT2D eigenvalue weighted by Crippen LogP contribution is -2.56. The summed E-state index contributed by atoms with van der Waals surface area (Å²) in [5.41, 5.74) is 0.993. The molecule has 2 amide bonds. The second-order valence-electron chi connectivity index (χ2n) is 8.31. The normalized spacial score (nSPS) is 20.6. The van der Waals surface area contributed by atoms with Crippen molar-refractivity contribution in [3.63, 3.8) is 0 Å². The highest BCUT2D eigenvalue weighted by Gasteiger charge is 2.31. The second kappa shape index (κ2) is 11.9. The van der Waals surface area contributed by atoms with Gasteiger partial charge in [0.25, 0.3) is 0 Å². The predicted octanol–water partition coefficient (Wildman–Crippen LogP) is 2.17. The molecule has 0 aromatic heterocycles. The summed E-state index contributed by atoms with van der Waals surface area (Å²) in [5, 5.41) is 2.91. The summed E-state index contributed by atoms with van der Waals surface area (Å²) in [6.07, 6.45) is 7.37. The molecule has 2 aliphatic rings. The van der Waals surface area contributed by atoms with Gasteiger partial charge in [-0.15, -0.1) is 0 Å². The molecule has 31 heavy (non-hydrogen) atoms. The number of nitrogens with zero attached hydrogens (tertiary/aromatic N) is 2. The summed E-state index contributed by atoms with van der Waals surface area (Å²) in [7, 11) is 3.50. The van der Waals surface area contributed by atoms with Crippen molar-refractivity contribution >= 4 is 17.9 Å². The van der Waals surface area contributed by atoms with E-state index in [2.05, 4.69) is 10.2 Å². The zero-order chi connectivity index (χ0) is 22.1. The van der Waals surface area contributed by atoms with Gasteiger partial charge in [0.1, 0.15) is 5.75 Å². The number of ether oxygens (including phenoxy) is 2. The van der Waals surface area contributed by atoms with Crippen molar-refractivity contribution < 1.29 is 19.1 Å². The summed E-state index contributed by atoms with van der Waals surface area (Å²) < 4.78 is 10.8. The van der Waals surface area contributed by atoms with E-state index in [1.54, 1.807) is 12.0 Å². The summed E-state index contributed by atoms with van der Waals surface area (Å²) in [5.74, 6) is 1.39. The molecule has 1 N–H and O–H groups in total. The van der Waals surface area contributed by atoms with Crippen molar-refractivity contribution in [2.24, 2.45) is 5.92 Å². The Morgan fingerprint density at radius 2 is 2.10 bits per heavy atom. The van der Waals surface area contributed by atoms with Crippen molar-refractivity contribution in [1.29, 1.82) is 0 Å². The molecule has 3 rings (SSSR count). The number of para-hydroxylation sites is 1. The summed E-state index contributed by atoms with van der Waals surface area (Å²) >= 11 is 0. The third-order valence-corrected chi connectivity index (χ3v) is 6.23. The highest BCUT2D eigenvalue weighted by molar-refractivity contribution is 5.88. The van der Waals surface area contributed by atoms with Crippen LogP contribution in [0.2, 0.25) is 0 Å². The number of amides is 2. The van der Waals surface area contributed by atoms with Crippen LogP contribution >= 0.6 is 0 Å². The van der Waals surface area contributed by atoms with E-state index < -0.39 is 6.04 Å². The maximum atomic E-state index is 12.8. The van der Waals surface area contributed by atoms with E-state index in [1.165, 1.54) is 0 Å². The molecule has 2 saturated heterocycles. The lowest BCUT2D eigenvalue weighted by Gasteiger charge is -2.35. The molecule has 0 bridgehead atoms. The first-order valence-electron chi connectivity index (χ1n) is 11.2. The van der Waals surface area contributed by atoms with Crippen molar-refractivity contribution in [2.45, 2.75) is 31.7 Å². The van der Waals surface area contributed by atoms with Crippen LogP contribution in [0.1, 0.15) is 31.2 Å². The largest absolute Gasteiger partial charge is 0.496 e. The van der Waals surface area contributed by atoms with Crippen molar-refractivity contribution in [3.05, 3.63) is 35.9 Å². The lowest BCUT2D eigenvalue weighted by molar-refractivity contribution is -0.138. The Morgan fingerprint density at radius 1 is 1.32 bits per heavy atom. The predicted molar refractivity (Wildman–Crippen MR) is 121 cm³/mol. The molecule has 1 atom stereocenters. The molecule has 0 radical (unpaired) electrons. The van der Waals surface area contributed by atoms with Gasteiger partial charge in [0.2, 0.25) is 11.8 Å². The standard InChI is InChI=1S/C24H35N3O4/c1-26(14-9-19-10-16-31-17-11-19)23(28)18-21-24(29)25-12-15-27(21)13-5-7-20-6-3-4-8-22(20)30-2/h3-8,19,21H,9-18H2,1-2H3,(H,25,29). The molecule has 1 aromatic rings. The van der Waals surface area contributed by atoms with Crippen LogP contribution in [-0.2, 0) is 14.3 Å². The van der Waals surface area contributed by atoms with Gasteiger partial charge in [0.05, 0.1) is 19.6 Å². The zero-order valence-corrected chi connectivity index (χ0v) is 18.7. The number of hydrogen-bond donors (Lipinski definition) is 1. The van der Waals surface area contributed by atoms with Crippen LogP contribution in [0.5, 0.6) is 5.75 Å². The maximum absolute atomic E-state index is 12.8. The molecule has 170 valence electrons. The van der Waals surface area contributed by atoms with Crippen LogP contribution < -0.4 is 10.1 Å². The van der Waals surface area contributed by atoms with Crippen LogP contribution in [0, 0.1) is 5.92 Å². The minimum atomic E-state index is -0.436. The lowest BCUT2D eigenvalue weighted by atomic mass is 9.96. The molecule has 2 fully saturated rings. The van der Waals surface area contributed by atoms with E-state index in [4.69, 9.17) is 9.47 Å². The molecule has 0 saturated carbocycles. The van der Waals surface area contributed by atoms with Gasteiger partial charge >= 0.3 is 0 Å². The molecular weight excluding hydrogens is 394 g/mol. The van der Waals surface area contributed by atoms with E-state index in [0.717, 1.165) is 56.9 Å². The Balaban J connectivity index is 1.53. The van der Waals surface area contributed by atoms with Crippen LogP contribution in [0.3, 0.4) is 0 Å². The molecule has 2 aliphatic heterocycles. The van der Waals surface area contributed by atoms with Crippen molar-refractivity contribution in [1.82, 2.24) is 15.1 Å². The van der Waals surface area contributed by atoms with Crippen LogP contribution in [0.4, 0.5) is 0 Å². The fourth-order valence-electron chi connectivity index (χ4n) is 4.18. The summed E-state index contributed by atoms with van der Waals surface area (Å²) in [6.45, 7) is 4.31. The molecule has 7 nitrogen and oxygen atoms in total. The molecule has 0 aliphatic carbocycles. The second-order valence-corrected chi connectivity index (χ2v) is 8.31. The molecule has 7 heteroatoms. The van der Waals surface area contributed by atoms with Gasteiger partial charge in [-0.1, -0.05) is 30.4 Å². The number of piperazine rings is 1. The first-order chi connectivity index (χ1) is 15.1. The number of carbonyl (C=O) groups is 2. The Bertz CT molecular complexity index is 761. The van der Waals surface area contributed by atoms with Gasteiger partial charge in [-0.05, 0) is 31.2 Å². The first kappa shape index (κ1) is 23.3. The number of nitrogens with one attached hydrogen (secondary N) is 1. The SMILES string of the molecule is COc1ccccc1C=CCN1CCNC(=O)C1CC(=O)N(C)CCC1CCOCC1. The molecule has 1 aromatic carbocycles. The molecule has 2 heterocycles. The molecule has 0 spiro atoms. The highest BCUT2D eigenvalue weighted by Crippen LogP contribution is 2.20. The zero-order valence-electron chi connectivity index (χ0n) is 18.7. The van der Waals surface area contributed by atoms with E-state index in [-0.39, 0.29) is 18.2 Å². The number of methoxy groups -OCH3 is 1. The summed E-state index contributed by atoms with van der Waals surface area (Å²) in [6, 6.07) is 7.38. The van der Waals surface area contributed by atoms with Gasteiger partial charge in [0.15, 0.2) is 0 Å². The van der Waals surface area contributed by atoms with E-state index in [1.807, 2.05) is 43.5 Å². The fourth-order valence-corrected chi connectivity index (χ4v) is 4.18. The Morgan fingerprint density at radius 3 is 2.87 bits per heavy atom. The number of benzene rings is 1. The van der Waals surface area contributed by atoms with Gasteiger partial charge in [-0.2, -0.15) is 0 Å². The van der Waals surface area contributed by atoms with Crippen LogP contribution in [0.25, 0.3) is 6.08 Å². The minimum absolute atomic E-state index is 0.0211. The monoisotopic (exact) mass is 429 g/mol. The topological polar surface area (TPSA) is 71.1 Å². The summed E-state index contributed by atoms with van der Waals surface area (Å²) in [4.78, 5) is 29.2.